The Morgan fingerprint density at radius 3 is 2.44 bits per heavy atom. The molecule has 4 aliphatic rings. The van der Waals surface area contributed by atoms with E-state index >= 15 is 8.78 Å². The molecule has 8 bridgehead atoms. The monoisotopic (exact) mass is 685 g/mol. The van der Waals surface area contributed by atoms with Crippen molar-refractivity contribution >= 4 is 38.3 Å². The van der Waals surface area contributed by atoms with Crippen LogP contribution in [0.4, 0.5) is 20.3 Å². The number of carbonyl (C=O) groups excluding carboxylic acids is 1. The molecule has 0 radical (unpaired) electrons. The van der Waals surface area contributed by atoms with Gasteiger partial charge in [-0.05, 0) is 77.2 Å². The van der Waals surface area contributed by atoms with Crippen LogP contribution in [0.3, 0.4) is 0 Å². The number of carbonyl (C=O) groups is 1. The highest BCUT2D eigenvalue weighted by Crippen LogP contribution is 2.46. The Balaban J connectivity index is 1.43. The third kappa shape index (κ3) is 6.78. The number of pyridine rings is 1. The van der Waals surface area contributed by atoms with Crippen LogP contribution in [-0.4, -0.2) is 95.5 Å². The Hall–Kier alpha value is -3.65. The van der Waals surface area contributed by atoms with E-state index in [-0.39, 0.29) is 53.9 Å². The van der Waals surface area contributed by atoms with E-state index in [0.717, 1.165) is 13.0 Å². The predicted octanol–water partition coefficient (Wildman–Crippen LogP) is 4.03. The molecule has 6 heterocycles. The lowest BCUT2D eigenvalue weighted by atomic mass is 9.77. The minimum atomic E-state index is -3.21. The van der Waals surface area contributed by atoms with Crippen LogP contribution < -0.4 is 15.8 Å². The summed E-state index contributed by atoms with van der Waals surface area (Å²) in [4.78, 5) is 42.1. The number of halogens is 2. The quantitative estimate of drug-likeness (QED) is 0.405. The van der Waals surface area contributed by atoms with Crippen molar-refractivity contribution in [3.8, 4) is 0 Å². The average Bonchev–Trinajstić information content (AvgIpc) is 3.04. The molecule has 2 saturated heterocycles. The summed E-state index contributed by atoms with van der Waals surface area (Å²) in [5.41, 5.74) is 0.285. The zero-order chi connectivity index (χ0) is 34.4. The van der Waals surface area contributed by atoms with Crippen molar-refractivity contribution in [2.75, 3.05) is 61.5 Å². The van der Waals surface area contributed by atoms with Gasteiger partial charge in [0.2, 0.25) is 5.91 Å². The Labute approximate surface area is 280 Å². The van der Waals surface area contributed by atoms with Crippen molar-refractivity contribution in [2.45, 2.75) is 70.5 Å². The zero-order valence-electron chi connectivity index (χ0n) is 28.1. The van der Waals surface area contributed by atoms with Crippen LogP contribution in [0.2, 0.25) is 0 Å². The molecule has 14 heteroatoms. The number of alkyl halides is 2. The van der Waals surface area contributed by atoms with Crippen molar-refractivity contribution in [3.05, 3.63) is 58.1 Å². The van der Waals surface area contributed by atoms with Crippen LogP contribution in [-0.2, 0) is 27.1 Å². The Kier molecular flexibility index (Phi) is 9.26. The highest BCUT2D eigenvalue weighted by Gasteiger charge is 2.47. The van der Waals surface area contributed by atoms with E-state index < -0.39 is 38.8 Å². The Morgan fingerprint density at radius 1 is 0.979 bits per heavy atom. The predicted molar refractivity (Wildman–Crippen MR) is 182 cm³/mol. The number of anilines is 2. The van der Waals surface area contributed by atoms with Gasteiger partial charge in [0.1, 0.15) is 30.0 Å². The van der Waals surface area contributed by atoms with E-state index in [0.29, 0.717) is 49.1 Å². The summed E-state index contributed by atoms with van der Waals surface area (Å²) in [6.45, 7) is 7.73. The molecule has 1 unspecified atom stereocenters. The summed E-state index contributed by atoms with van der Waals surface area (Å²) >= 11 is 0. The SMILES string of the molecule is C[C@H]1Nc2ncnc3c2cc(N2CCS(=O)(=O)CC2)c(=O)n3CC(=O)N(C)CCCCN2CC[C@@H](CC2(C)C)C(F)(F)c2cccc1c2. The van der Waals surface area contributed by atoms with Gasteiger partial charge in [-0.1, -0.05) is 18.2 Å². The molecule has 3 aromatic rings. The largest absolute Gasteiger partial charge is 0.365 e. The van der Waals surface area contributed by atoms with E-state index in [9.17, 15) is 18.0 Å². The van der Waals surface area contributed by atoms with E-state index in [1.807, 2.05) is 20.8 Å². The molecule has 7 rings (SSSR count). The molecule has 4 aliphatic heterocycles. The summed E-state index contributed by atoms with van der Waals surface area (Å²) in [5, 5.41) is 3.81. The summed E-state index contributed by atoms with van der Waals surface area (Å²) < 4.78 is 58.1. The van der Waals surface area contributed by atoms with E-state index in [2.05, 4.69) is 20.2 Å². The molecule has 0 spiro atoms. The molecule has 2 fully saturated rings. The molecule has 11 nitrogen and oxygen atoms in total. The van der Waals surface area contributed by atoms with Gasteiger partial charge < -0.3 is 15.1 Å². The number of fused-ring (bicyclic) bond motifs is 9. The third-order valence-electron chi connectivity index (χ3n) is 10.4. The van der Waals surface area contributed by atoms with E-state index in [4.69, 9.17) is 0 Å². The number of hydrogen-bond donors (Lipinski definition) is 1. The second-order valence-corrected chi connectivity index (χ2v) is 16.4. The van der Waals surface area contributed by atoms with Crippen molar-refractivity contribution in [3.63, 3.8) is 0 Å². The fourth-order valence-corrected chi connectivity index (χ4v) is 8.55. The second-order valence-electron chi connectivity index (χ2n) is 14.1. The van der Waals surface area contributed by atoms with Gasteiger partial charge in [0.15, 0.2) is 9.84 Å². The molecule has 260 valence electrons. The van der Waals surface area contributed by atoms with Gasteiger partial charge in [-0.3, -0.25) is 19.1 Å². The highest BCUT2D eigenvalue weighted by molar-refractivity contribution is 7.91. The summed E-state index contributed by atoms with van der Waals surface area (Å²) in [6, 6.07) is 7.71. The fourth-order valence-electron chi connectivity index (χ4n) is 7.35. The van der Waals surface area contributed by atoms with Gasteiger partial charge >= 0.3 is 0 Å². The second kappa shape index (κ2) is 13.0. The molecule has 48 heavy (non-hydrogen) atoms. The number of amides is 1. The number of hydrogen-bond acceptors (Lipinski definition) is 9. The first-order valence-electron chi connectivity index (χ1n) is 16.7. The molecular formula is C34H45F2N7O4S. The molecular weight excluding hydrogens is 640 g/mol. The topological polar surface area (TPSA) is 121 Å². The Bertz CT molecular complexity index is 1850. The molecule has 1 aromatic carbocycles. The van der Waals surface area contributed by atoms with Gasteiger partial charge in [0, 0.05) is 49.7 Å². The van der Waals surface area contributed by atoms with Crippen LogP contribution in [0.25, 0.3) is 11.0 Å². The van der Waals surface area contributed by atoms with Gasteiger partial charge in [0.25, 0.3) is 11.5 Å². The van der Waals surface area contributed by atoms with Crippen LogP contribution in [0.1, 0.15) is 63.6 Å². The smallest absolute Gasteiger partial charge is 0.276 e. The Morgan fingerprint density at radius 2 is 1.71 bits per heavy atom. The molecule has 0 saturated carbocycles. The summed E-state index contributed by atoms with van der Waals surface area (Å²) in [7, 11) is -1.51. The molecule has 2 aromatic heterocycles. The van der Waals surface area contributed by atoms with Crippen molar-refractivity contribution in [2.24, 2.45) is 5.92 Å². The number of likely N-dealkylation sites (N-methyl/N-ethyl adjacent to an activating group) is 1. The first-order valence-corrected chi connectivity index (χ1v) is 18.6. The lowest BCUT2D eigenvalue weighted by Crippen LogP contribution is -2.52. The number of piperidine rings is 1. The average molecular weight is 686 g/mol. The van der Waals surface area contributed by atoms with Crippen molar-refractivity contribution in [1.29, 1.82) is 0 Å². The first-order chi connectivity index (χ1) is 22.7. The van der Waals surface area contributed by atoms with Crippen molar-refractivity contribution < 1.29 is 22.0 Å². The standard InChI is InChI=1S/C34H45F2N7O4S/c1-23-24-8-7-9-25(18-24)34(35,36)26-10-13-42(33(2,3)20-26)12-6-5-11-40(4)29(44)21-43-31-27(30(39-23)37-22-38-31)19-28(32(43)45)41-14-16-48(46,47)17-15-41/h7-9,18-19,22-23,26H,5-6,10-17,20-21H2,1-4H3,(H,37,38,39)/t23-,26+/m1/s1. The van der Waals surface area contributed by atoms with E-state index in [1.165, 1.54) is 17.0 Å². The highest BCUT2D eigenvalue weighted by atomic mass is 32.2. The minimum Gasteiger partial charge on any atom is -0.365 e. The van der Waals surface area contributed by atoms with Crippen LogP contribution in [0.15, 0.2) is 41.5 Å². The summed E-state index contributed by atoms with van der Waals surface area (Å²) in [5.74, 6) is -3.89. The zero-order valence-corrected chi connectivity index (χ0v) is 28.9. The number of aromatic nitrogens is 3. The lowest BCUT2D eigenvalue weighted by Gasteiger charge is -2.47. The molecule has 1 N–H and O–H groups in total. The maximum absolute atomic E-state index is 16.2. The van der Waals surface area contributed by atoms with E-state index in [1.54, 1.807) is 41.1 Å². The fraction of sp³-hybridized carbons (Fsp3) is 0.588. The normalized spacial score (nSPS) is 26.2. The number of sulfone groups is 1. The maximum Gasteiger partial charge on any atom is 0.276 e. The molecule has 1 amide bonds. The number of nitrogens with zero attached hydrogens (tertiary/aromatic N) is 6. The van der Waals surface area contributed by atoms with Crippen molar-refractivity contribution in [1.82, 2.24) is 24.3 Å². The van der Waals surface area contributed by atoms with Crippen LogP contribution >= 0.6 is 0 Å². The third-order valence-corrected chi connectivity index (χ3v) is 12.0. The van der Waals surface area contributed by atoms with Gasteiger partial charge in [0.05, 0.1) is 16.9 Å². The lowest BCUT2D eigenvalue weighted by molar-refractivity contribution is -0.130. The summed E-state index contributed by atoms with van der Waals surface area (Å²) in [6.07, 6.45) is 3.57. The maximum atomic E-state index is 16.2. The number of rotatable bonds is 1. The number of benzene rings is 1. The van der Waals surface area contributed by atoms with Crippen LogP contribution in [0, 0.1) is 5.92 Å². The minimum absolute atomic E-state index is 0.0148. The number of nitrogens with one attached hydrogen (secondary N) is 1. The van der Waals surface area contributed by atoms with Crippen LogP contribution in [0.5, 0.6) is 0 Å². The van der Waals surface area contributed by atoms with Gasteiger partial charge in [-0.2, -0.15) is 0 Å². The first kappa shape index (κ1) is 34.2. The molecule has 3 atom stereocenters. The molecule has 0 aliphatic carbocycles. The van der Waals surface area contributed by atoms with Gasteiger partial charge in [-0.25, -0.2) is 27.2 Å². The van der Waals surface area contributed by atoms with Gasteiger partial charge in [-0.15, -0.1) is 0 Å².